The van der Waals surface area contributed by atoms with Crippen molar-refractivity contribution in [2.75, 3.05) is 19.3 Å². The minimum absolute atomic E-state index is 0.708. The lowest BCUT2D eigenvalue weighted by Crippen LogP contribution is -2.17. The van der Waals surface area contributed by atoms with Crippen LogP contribution in [-0.2, 0) is 0 Å². The molecule has 0 aliphatic heterocycles. The predicted octanol–water partition coefficient (Wildman–Crippen LogP) is 3.43. The lowest BCUT2D eigenvalue weighted by molar-refractivity contribution is 0.454. The fourth-order valence-corrected chi connectivity index (χ4v) is 2.14. The van der Waals surface area contributed by atoms with Gasteiger partial charge in [-0.3, -0.25) is 4.99 Å². The number of nitrogens with zero attached hydrogens (tertiary/aromatic N) is 2. The zero-order valence-corrected chi connectivity index (χ0v) is 12.2. The average molecular weight is 273 g/mol. The van der Waals surface area contributed by atoms with E-state index in [1.807, 2.05) is 18.2 Å². The largest absolute Gasteiger partial charge is 0.399 e. The molecule has 0 heterocycles. The Morgan fingerprint density at radius 3 is 2.74 bits per heavy atom. The van der Waals surface area contributed by atoms with Crippen molar-refractivity contribution in [3.8, 4) is 0 Å². The molecule has 0 unspecified atom stereocenters. The van der Waals surface area contributed by atoms with Crippen LogP contribution in [0.15, 0.2) is 52.0 Å². The minimum Gasteiger partial charge on any atom is -0.399 e. The molecule has 1 aromatic rings. The van der Waals surface area contributed by atoms with Crippen LogP contribution in [0.3, 0.4) is 0 Å². The second-order valence-electron chi connectivity index (χ2n) is 4.53. The lowest BCUT2D eigenvalue weighted by Gasteiger charge is -2.20. The second kappa shape index (κ2) is 5.97. The number of anilines is 1. The van der Waals surface area contributed by atoms with Gasteiger partial charge in [-0.2, -0.15) is 0 Å². The first-order valence-electron chi connectivity index (χ1n) is 6.35. The molecule has 0 bridgehead atoms. The van der Waals surface area contributed by atoms with Crippen LogP contribution in [0, 0.1) is 0 Å². The fraction of sp³-hybridized carbons (Fsp3) is 0.267. The minimum atomic E-state index is 0.708. The van der Waals surface area contributed by atoms with E-state index in [-0.39, 0.29) is 0 Å². The summed E-state index contributed by atoms with van der Waals surface area (Å²) in [5.74, 6) is 0. The summed E-state index contributed by atoms with van der Waals surface area (Å²) in [5.41, 5.74) is 9.54. The number of allylic oxidation sites excluding steroid dienone is 3. The van der Waals surface area contributed by atoms with Gasteiger partial charge >= 0.3 is 0 Å². The van der Waals surface area contributed by atoms with Crippen molar-refractivity contribution in [2.45, 2.75) is 18.2 Å². The topological polar surface area (TPSA) is 41.6 Å². The van der Waals surface area contributed by atoms with Gasteiger partial charge in [-0.15, -0.1) is 12.6 Å². The number of hydrogen-bond acceptors (Lipinski definition) is 4. The van der Waals surface area contributed by atoms with Crippen molar-refractivity contribution >= 4 is 29.7 Å². The van der Waals surface area contributed by atoms with E-state index >= 15 is 0 Å². The Morgan fingerprint density at radius 2 is 2.16 bits per heavy atom. The molecular formula is C15H19N3S. The molecule has 0 aromatic heterocycles. The van der Waals surface area contributed by atoms with Crippen LogP contribution in [0.2, 0.25) is 0 Å². The van der Waals surface area contributed by atoms with Gasteiger partial charge in [-0.05, 0) is 37.3 Å². The number of likely N-dealkylation sites (N-methyl/N-ethyl adjacent to an activating group) is 1. The maximum atomic E-state index is 5.70. The Kier molecular flexibility index (Phi) is 4.32. The maximum absolute atomic E-state index is 5.70. The first kappa shape index (κ1) is 13.7. The zero-order chi connectivity index (χ0) is 13.8. The van der Waals surface area contributed by atoms with Crippen LogP contribution in [0.5, 0.6) is 0 Å². The van der Waals surface area contributed by atoms with Crippen molar-refractivity contribution in [2.24, 2.45) is 4.99 Å². The number of benzene rings is 1. The van der Waals surface area contributed by atoms with Gasteiger partial charge < -0.3 is 10.6 Å². The van der Waals surface area contributed by atoms with E-state index in [1.54, 1.807) is 0 Å². The van der Waals surface area contributed by atoms with Crippen LogP contribution in [0.25, 0.3) is 0 Å². The molecule has 0 radical (unpaired) electrons. The van der Waals surface area contributed by atoms with E-state index in [1.165, 1.54) is 5.70 Å². The van der Waals surface area contributed by atoms with Crippen molar-refractivity contribution in [3.05, 3.63) is 42.1 Å². The monoisotopic (exact) mass is 273 g/mol. The van der Waals surface area contributed by atoms with Gasteiger partial charge in [0.1, 0.15) is 0 Å². The molecule has 19 heavy (non-hydrogen) atoms. The number of aliphatic imine (C=N–C) groups is 1. The summed E-state index contributed by atoms with van der Waals surface area (Å²) in [5, 5.41) is 0. The highest BCUT2D eigenvalue weighted by molar-refractivity contribution is 7.80. The zero-order valence-electron chi connectivity index (χ0n) is 11.3. The fourth-order valence-electron chi connectivity index (χ4n) is 1.87. The van der Waals surface area contributed by atoms with Gasteiger partial charge in [0.2, 0.25) is 0 Å². The molecule has 1 aliphatic rings. The molecule has 0 fully saturated rings. The van der Waals surface area contributed by atoms with Crippen molar-refractivity contribution in [3.63, 3.8) is 0 Å². The molecule has 0 atom stereocenters. The Hall–Kier alpha value is -1.68. The Morgan fingerprint density at radius 1 is 1.37 bits per heavy atom. The van der Waals surface area contributed by atoms with Crippen LogP contribution in [0.4, 0.5) is 11.4 Å². The summed E-state index contributed by atoms with van der Waals surface area (Å²) < 4.78 is 0. The molecule has 2 N–H and O–H groups in total. The molecule has 0 saturated heterocycles. The van der Waals surface area contributed by atoms with E-state index in [0.29, 0.717) is 5.69 Å². The number of nitrogens with two attached hydrogens (primary N) is 1. The van der Waals surface area contributed by atoms with Crippen molar-refractivity contribution in [1.29, 1.82) is 0 Å². The molecule has 1 aliphatic carbocycles. The highest BCUT2D eigenvalue weighted by atomic mass is 32.1. The van der Waals surface area contributed by atoms with Gasteiger partial charge in [0.15, 0.2) is 0 Å². The standard InChI is InChI=1S/C15H19N3S/c1-3-18(2)13-7-5-12(6-8-13)17-14-9-4-11(16)10-15(14)19/h4-5,7-10,19H,3,6,16H2,1-2H3. The molecular weight excluding hydrogens is 254 g/mol. The van der Waals surface area contributed by atoms with Crippen LogP contribution in [0.1, 0.15) is 13.3 Å². The van der Waals surface area contributed by atoms with Crippen LogP contribution >= 0.6 is 12.6 Å². The number of hydrogen-bond donors (Lipinski definition) is 2. The smallest absolute Gasteiger partial charge is 0.0767 e. The van der Waals surface area contributed by atoms with Gasteiger partial charge in [0.25, 0.3) is 0 Å². The maximum Gasteiger partial charge on any atom is 0.0767 e. The summed E-state index contributed by atoms with van der Waals surface area (Å²) in [4.78, 5) is 7.63. The molecule has 1 aromatic carbocycles. The van der Waals surface area contributed by atoms with Gasteiger partial charge in [-0.25, -0.2) is 0 Å². The van der Waals surface area contributed by atoms with Crippen LogP contribution < -0.4 is 5.73 Å². The van der Waals surface area contributed by atoms with E-state index in [4.69, 9.17) is 5.73 Å². The molecule has 3 nitrogen and oxygen atoms in total. The van der Waals surface area contributed by atoms with E-state index in [0.717, 1.165) is 29.3 Å². The Bertz CT molecular complexity index is 559. The number of rotatable bonds is 3. The normalized spacial score (nSPS) is 16.6. The molecule has 2 rings (SSSR count). The lowest BCUT2D eigenvalue weighted by atomic mass is 10.1. The summed E-state index contributed by atoms with van der Waals surface area (Å²) in [6, 6.07) is 5.56. The molecule has 0 saturated carbocycles. The Labute approximate surface area is 119 Å². The van der Waals surface area contributed by atoms with E-state index < -0.39 is 0 Å². The Balaban J connectivity index is 2.16. The molecule has 0 spiro atoms. The summed E-state index contributed by atoms with van der Waals surface area (Å²) in [6.07, 6.45) is 7.19. The molecule has 4 heteroatoms. The third kappa shape index (κ3) is 3.41. The van der Waals surface area contributed by atoms with E-state index in [9.17, 15) is 0 Å². The van der Waals surface area contributed by atoms with E-state index in [2.05, 4.69) is 54.7 Å². The van der Waals surface area contributed by atoms with Gasteiger partial charge in [0.05, 0.1) is 5.69 Å². The summed E-state index contributed by atoms with van der Waals surface area (Å²) in [6.45, 7) is 3.14. The van der Waals surface area contributed by atoms with Gasteiger partial charge in [0, 0.05) is 42.0 Å². The predicted molar refractivity (Wildman–Crippen MR) is 85.3 cm³/mol. The number of nitrogen functional groups attached to an aromatic ring is 1. The first-order chi connectivity index (χ1) is 9.10. The average Bonchev–Trinajstić information content (AvgIpc) is 2.42. The third-order valence-corrected chi connectivity index (χ3v) is 3.50. The molecule has 0 amide bonds. The third-order valence-electron chi connectivity index (χ3n) is 3.15. The second-order valence-corrected chi connectivity index (χ2v) is 5.01. The first-order valence-corrected chi connectivity index (χ1v) is 6.80. The number of thiol groups is 1. The quantitative estimate of drug-likeness (QED) is 0.654. The van der Waals surface area contributed by atoms with Crippen molar-refractivity contribution < 1.29 is 0 Å². The SMILES string of the molecule is CCN(C)C1=CCC(=Nc2ccc(N)cc2S)C=C1. The van der Waals surface area contributed by atoms with Gasteiger partial charge in [-0.1, -0.05) is 6.08 Å². The van der Waals surface area contributed by atoms with Crippen molar-refractivity contribution in [1.82, 2.24) is 4.90 Å². The summed E-state index contributed by atoms with van der Waals surface area (Å²) in [7, 11) is 2.09. The highest BCUT2D eigenvalue weighted by Crippen LogP contribution is 2.26. The highest BCUT2D eigenvalue weighted by Gasteiger charge is 2.06. The summed E-state index contributed by atoms with van der Waals surface area (Å²) >= 11 is 4.40. The van der Waals surface area contributed by atoms with Crippen LogP contribution in [-0.4, -0.2) is 24.2 Å². The molecule has 100 valence electrons.